The average Bonchev–Trinajstić information content (AvgIpc) is 2.61. The van der Waals surface area contributed by atoms with E-state index >= 15 is 0 Å². The van der Waals surface area contributed by atoms with Crippen LogP contribution >= 0.6 is 0 Å². The molecule has 4 nitrogen and oxygen atoms in total. The summed E-state index contributed by atoms with van der Waals surface area (Å²) in [4.78, 5) is 11.5. The summed E-state index contributed by atoms with van der Waals surface area (Å²) in [6.45, 7) is 8.48. The third-order valence-corrected chi connectivity index (χ3v) is 3.58. The highest BCUT2D eigenvalue weighted by atomic mass is 15.3. The highest BCUT2D eigenvalue weighted by molar-refractivity contribution is 5.38. The molecule has 1 aliphatic heterocycles. The largest absolute Gasteiger partial charge is 0.336 e. The summed E-state index contributed by atoms with van der Waals surface area (Å²) in [7, 11) is 1.94. The van der Waals surface area contributed by atoms with Crippen molar-refractivity contribution in [2.75, 3.05) is 18.5 Å². The van der Waals surface area contributed by atoms with Crippen molar-refractivity contribution in [3.63, 3.8) is 0 Å². The topological polar surface area (TPSA) is 41.1 Å². The van der Waals surface area contributed by atoms with Crippen molar-refractivity contribution in [3.8, 4) is 0 Å². The highest BCUT2D eigenvalue weighted by Gasteiger charge is 2.33. The van der Waals surface area contributed by atoms with Gasteiger partial charge in [0.05, 0.1) is 0 Å². The fraction of sp³-hybridized carbons (Fsp3) is 0.692. The van der Waals surface area contributed by atoms with E-state index in [1.165, 1.54) is 18.4 Å². The first-order chi connectivity index (χ1) is 8.04. The molecule has 1 aromatic rings. The van der Waals surface area contributed by atoms with Crippen molar-refractivity contribution in [1.82, 2.24) is 15.3 Å². The van der Waals surface area contributed by atoms with E-state index in [1.807, 2.05) is 13.2 Å². The summed E-state index contributed by atoms with van der Waals surface area (Å²) in [5, 5.41) is 3.14. The zero-order valence-corrected chi connectivity index (χ0v) is 11.2. The minimum atomic E-state index is 0.191. The van der Waals surface area contributed by atoms with Gasteiger partial charge in [-0.15, -0.1) is 0 Å². The first kappa shape index (κ1) is 12.3. The van der Waals surface area contributed by atoms with Crippen LogP contribution in [0, 0.1) is 6.92 Å². The first-order valence-corrected chi connectivity index (χ1v) is 6.29. The Hall–Kier alpha value is -1.16. The van der Waals surface area contributed by atoms with E-state index in [0.29, 0.717) is 0 Å². The Morgan fingerprint density at radius 1 is 1.47 bits per heavy atom. The van der Waals surface area contributed by atoms with Crippen LogP contribution in [0.4, 0.5) is 5.95 Å². The van der Waals surface area contributed by atoms with E-state index in [0.717, 1.165) is 24.7 Å². The Bertz CT molecular complexity index is 400. The lowest BCUT2D eigenvalue weighted by Gasteiger charge is -2.31. The Morgan fingerprint density at radius 3 is 2.76 bits per heavy atom. The van der Waals surface area contributed by atoms with Gasteiger partial charge in [0.2, 0.25) is 5.95 Å². The van der Waals surface area contributed by atoms with Gasteiger partial charge in [0.25, 0.3) is 0 Å². The molecule has 0 amide bonds. The predicted molar refractivity (Wildman–Crippen MR) is 70.2 cm³/mol. The molecule has 2 rings (SSSR count). The van der Waals surface area contributed by atoms with Gasteiger partial charge in [-0.05, 0) is 40.7 Å². The maximum Gasteiger partial charge on any atom is 0.225 e. The number of anilines is 1. The smallest absolute Gasteiger partial charge is 0.225 e. The minimum absolute atomic E-state index is 0.191. The molecule has 0 saturated carbocycles. The average molecular weight is 234 g/mol. The van der Waals surface area contributed by atoms with Gasteiger partial charge in [0.1, 0.15) is 0 Å². The number of nitrogens with one attached hydrogen (secondary N) is 1. The first-order valence-electron chi connectivity index (χ1n) is 6.29. The summed E-state index contributed by atoms with van der Waals surface area (Å²) in [6.07, 6.45) is 4.39. The molecule has 1 fully saturated rings. The number of aryl methyl sites for hydroxylation is 1. The molecule has 0 spiro atoms. The number of hydrogen-bond acceptors (Lipinski definition) is 4. The van der Waals surface area contributed by atoms with Gasteiger partial charge in [-0.2, -0.15) is 0 Å². The second-order valence-corrected chi connectivity index (χ2v) is 5.38. The second-order valence-electron chi connectivity index (χ2n) is 5.38. The Morgan fingerprint density at radius 2 is 2.24 bits per heavy atom. The zero-order chi connectivity index (χ0) is 12.5. The number of aromatic nitrogens is 2. The SMILES string of the molecule is CNCc1cnc(N2CCCC2(C)C)nc1C. The number of nitrogens with zero attached hydrogens (tertiary/aromatic N) is 3. The molecule has 0 aromatic carbocycles. The molecule has 4 heteroatoms. The summed E-state index contributed by atoms with van der Waals surface area (Å²) in [5.41, 5.74) is 2.44. The van der Waals surface area contributed by atoms with Gasteiger partial charge in [0, 0.05) is 36.1 Å². The summed E-state index contributed by atoms with van der Waals surface area (Å²) >= 11 is 0. The molecular formula is C13H22N4. The van der Waals surface area contributed by atoms with Crippen molar-refractivity contribution in [2.45, 2.75) is 45.7 Å². The van der Waals surface area contributed by atoms with Gasteiger partial charge >= 0.3 is 0 Å². The van der Waals surface area contributed by atoms with Gasteiger partial charge in [0.15, 0.2) is 0 Å². The Balaban J connectivity index is 2.25. The highest BCUT2D eigenvalue weighted by Crippen LogP contribution is 2.31. The van der Waals surface area contributed by atoms with Gasteiger partial charge in [-0.3, -0.25) is 0 Å². The number of hydrogen-bond donors (Lipinski definition) is 1. The lowest BCUT2D eigenvalue weighted by atomic mass is 10.0. The standard InChI is InChI=1S/C13H22N4/c1-10-11(8-14-4)9-15-12(16-10)17-7-5-6-13(17,2)3/h9,14H,5-8H2,1-4H3. The molecule has 94 valence electrons. The van der Waals surface area contributed by atoms with Crippen LogP contribution in [0.3, 0.4) is 0 Å². The van der Waals surface area contributed by atoms with Crippen molar-refractivity contribution in [1.29, 1.82) is 0 Å². The van der Waals surface area contributed by atoms with E-state index in [2.05, 4.69) is 41.0 Å². The summed E-state index contributed by atoms with van der Waals surface area (Å²) < 4.78 is 0. The van der Waals surface area contributed by atoms with Crippen LogP contribution < -0.4 is 10.2 Å². The fourth-order valence-corrected chi connectivity index (χ4v) is 2.45. The van der Waals surface area contributed by atoms with Crippen LogP contribution in [0.15, 0.2) is 6.20 Å². The minimum Gasteiger partial charge on any atom is -0.336 e. The van der Waals surface area contributed by atoms with E-state index in [4.69, 9.17) is 0 Å². The molecule has 1 aromatic heterocycles. The third-order valence-electron chi connectivity index (χ3n) is 3.58. The van der Waals surface area contributed by atoms with E-state index in [9.17, 15) is 0 Å². The molecule has 0 aliphatic carbocycles. The summed E-state index contributed by atoms with van der Waals surface area (Å²) in [6, 6.07) is 0. The van der Waals surface area contributed by atoms with Gasteiger partial charge in [-0.1, -0.05) is 0 Å². The molecule has 2 heterocycles. The second kappa shape index (κ2) is 4.61. The lowest BCUT2D eigenvalue weighted by molar-refractivity contribution is 0.509. The maximum atomic E-state index is 4.64. The molecule has 1 saturated heterocycles. The lowest BCUT2D eigenvalue weighted by Crippen LogP contribution is -2.39. The molecular weight excluding hydrogens is 212 g/mol. The summed E-state index contributed by atoms with van der Waals surface area (Å²) in [5.74, 6) is 0.879. The monoisotopic (exact) mass is 234 g/mol. The van der Waals surface area contributed by atoms with Crippen molar-refractivity contribution >= 4 is 5.95 Å². The molecule has 1 N–H and O–H groups in total. The van der Waals surface area contributed by atoms with Crippen LogP contribution in [0.5, 0.6) is 0 Å². The zero-order valence-electron chi connectivity index (χ0n) is 11.2. The van der Waals surface area contributed by atoms with E-state index in [-0.39, 0.29) is 5.54 Å². The van der Waals surface area contributed by atoms with Gasteiger partial charge in [-0.25, -0.2) is 9.97 Å². The van der Waals surface area contributed by atoms with E-state index < -0.39 is 0 Å². The Kier molecular flexibility index (Phi) is 3.33. The molecule has 0 atom stereocenters. The number of rotatable bonds is 3. The predicted octanol–water partition coefficient (Wildman–Crippen LogP) is 1.88. The fourth-order valence-electron chi connectivity index (χ4n) is 2.45. The quantitative estimate of drug-likeness (QED) is 0.867. The van der Waals surface area contributed by atoms with E-state index in [1.54, 1.807) is 0 Å². The van der Waals surface area contributed by atoms with Gasteiger partial charge < -0.3 is 10.2 Å². The Labute approximate surface area is 103 Å². The molecule has 0 bridgehead atoms. The molecule has 0 radical (unpaired) electrons. The maximum absolute atomic E-state index is 4.64. The van der Waals surface area contributed by atoms with Crippen molar-refractivity contribution < 1.29 is 0 Å². The van der Waals surface area contributed by atoms with Crippen LogP contribution in [0.2, 0.25) is 0 Å². The van der Waals surface area contributed by atoms with Crippen LogP contribution in [0.1, 0.15) is 37.9 Å². The molecule has 1 aliphatic rings. The van der Waals surface area contributed by atoms with Crippen molar-refractivity contribution in [2.24, 2.45) is 0 Å². The molecule has 17 heavy (non-hydrogen) atoms. The van der Waals surface area contributed by atoms with Crippen molar-refractivity contribution in [3.05, 3.63) is 17.5 Å². The van der Waals surface area contributed by atoms with Crippen LogP contribution in [0.25, 0.3) is 0 Å². The molecule has 0 unspecified atom stereocenters. The third kappa shape index (κ3) is 2.41. The van der Waals surface area contributed by atoms with Crippen LogP contribution in [-0.4, -0.2) is 29.1 Å². The van der Waals surface area contributed by atoms with Crippen LogP contribution in [-0.2, 0) is 6.54 Å². The normalized spacial score (nSPS) is 18.7.